The molecule has 0 bridgehead atoms. The summed E-state index contributed by atoms with van der Waals surface area (Å²) in [4.78, 5) is 187. The van der Waals surface area contributed by atoms with Crippen molar-refractivity contribution < 1.29 is 100 Å². The summed E-state index contributed by atoms with van der Waals surface area (Å²) < 4.78 is 53.2. The molecule has 27 nitrogen and oxygen atoms in total. The first-order valence-corrected chi connectivity index (χ1v) is 48.0. The molecule has 6 aliphatic rings. The van der Waals surface area contributed by atoms with Gasteiger partial charge in [0.05, 0.1) is 100 Å². The van der Waals surface area contributed by atoms with E-state index < -0.39 is 94.4 Å². The van der Waals surface area contributed by atoms with Crippen LogP contribution >= 0.6 is 0 Å². The van der Waals surface area contributed by atoms with E-state index in [9.17, 15) is 28.8 Å². The number of carbonyl (C=O) groups excluding carboxylic acids is 12. The molecule has 716 valence electrons. The largest absolute Gasteiger partial charge is 0.493 e. The number of rotatable bonds is 31. The van der Waals surface area contributed by atoms with Crippen molar-refractivity contribution in [1.29, 1.82) is 0 Å². The molecule has 24 rings (SSSR count). The van der Waals surface area contributed by atoms with Gasteiger partial charge in [0.2, 0.25) is 0 Å². The number of hydrogen-bond acceptors (Lipinski definition) is 21. The molecule has 0 aliphatic carbocycles. The number of fused-ring (bicyclic) bond motifs is 6. The predicted octanol–water partition coefficient (Wildman–Crippen LogP) is 19.2. The predicted molar refractivity (Wildman–Crippen MR) is 544 cm³/mol. The molecule has 0 aromatic heterocycles. The molecule has 0 N–H and O–H groups in total. The smallest absolute Gasteiger partial charge is 0.261 e. The lowest BCUT2D eigenvalue weighted by Crippen LogP contribution is -2.49. The van der Waals surface area contributed by atoms with Gasteiger partial charge in [0.15, 0.2) is 34.5 Å². The quantitative estimate of drug-likeness (QED) is 0.0221. The van der Waals surface area contributed by atoms with Crippen LogP contribution in [0.2, 0.25) is 0 Å². The third kappa shape index (κ3) is 13.1. The Morgan fingerprint density at radius 3 is 0.562 bits per heavy atom. The maximum absolute atomic E-state index is 15.4. The first kappa shape index (κ1) is 90.0. The van der Waals surface area contributed by atoms with Crippen LogP contribution in [-0.4, -0.2) is 220 Å². The summed E-state index contributed by atoms with van der Waals surface area (Å²) in [7, 11) is 9.29. The molecule has 12 amide bonds. The number of carbonyl (C=O) groups is 12. The zero-order valence-electron chi connectivity index (χ0n) is 80.2. The lowest BCUT2D eigenvalue weighted by molar-refractivity contribution is -0.0841. The van der Waals surface area contributed by atoms with Crippen LogP contribution < -0.4 is 28.4 Å². The van der Waals surface area contributed by atoms with E-state index in [4.69, 9.17) is 42.6 Å². The highest BCUT2D eigenvalue weighted by atomic mass is 16.5. The van der Waals surface area contributed by atoms with Crippen molar-refractivity contribution in [2.45, 2.75) is 71.5 Å². The summed E-state index contributed by atoms with van der Waals surface area (Å²) in [5.74, 6) is -2.62. The summed E-state index contributed by atoms with van der Waals surface area (Å²) >= 11 is 0. The van der Waals surface area contributed by atoms with Crippen molar-refractivity contribution in [2.75, 3.05) is 102 Å². The van der Waals surface area contributed by atoms with Crippen molar-refractivity contribution >= 4 is 200 Å². The number of imide groups is 6. The Balaban J connectivity index is 0.500. The number of hydrogen-bond donors (Lipinski definition) is 0. The molecular weight excluding hydrogens is 1830 g/mol. The standard InChI is InChI=1S/C117H92N6O21/c1-11-117(54-142-51-57(2)121-111(130)81-33-21-69-63-15-27-75-99-76(28-16-64(93(63)99)70-22-34-82(112(121)131)102(81)96(69)70)106(125)118(105(75)124)45-42-60-12-39-87(136-5)90(48-60)139-8,55-143-52-58(3)122-113(132)83-35-23-71-65-17-29-77-100-78(30-18-66(94(65)100)72-24-36-84(114(122)133)103(83)97(71)72)108(127)119(107(77)126)46-43-61-13-40-88(137-6)91(49-61)140-9)56-144-53-59(4)123-115(134)85-37-25-73-67-19-31-79-101-80(32-20-68(95(67)101)74-26-38-86(116(123)135)104(85)98(73)74)110(129)120(109(79)128)47-44-62-14-41-89(138-7)92(50-62)141-10/h12-41,48-50,57-59H,11,42-47,51-56H2,1-10H3. The van der Waals surface area contributed by atoms with Crippen LogP contribution in [0.1, 0.15) is 175 Å². The van der Waals surface area contributed by atoms with Crippen LogP contribution in [0.3, 0.4) is 0 Å². The van der Waals surface area contributed by atoms with Gasteiger partial charge in [0.25, 0.3) is 70.9 Å². The van der Waals surface area contributed by atoms with E-state index in [-0.39, 0.29) is 92.7 Å². The van der Waals surface area contributed by atoms with E-state index in [0.717, 1.165) is 81.3 Å². The minimum Gasteiger partial charge on any atom is -0.493 e. The van der Waals surface area contributed by atoms with Crippen molar-refractivity contribution in [2.24, 2.45) is 5.41 Å². The van der Waals surface area contributed by atoms with Crippen molar-refractivity contribution in [3.63, 3.8) is 0 Å². The van der Waals surface area contributed by atoms with Gasteiger partial charge >= 0.3 is 0 Å². The molecule has 144 heavy (non-hydrogen) atoms. The molecular formula is C117H92N6O21. The highest BCUT2D eigenvalue weighted by Gasteiger charge is 2.46. The number of nitrogens with zero attached hydrogens (tertiary/aromatic N) is 6. The second-order valence-corrected chi connectivity index (χ2v) is 38.4. The summed E-state index contributed by atoms with van der Waals surface area (Å²) in [5, 5.41) is 15.9. The van der Waals surface area contributed by atoms with Gasteiger partial charge < -0.3 is 42.6 Å². The summed E-state index contributed by atoms with van der Waals surface area (Å²) in [6.45, 7) is 6.62. The van der Waals surface area contributed by atoms with E-state index >= 15 is 28.8 Å². The van der Waals surface area contributed by atoms with Gasteiger partial charge in [-0.1, -0.05) is 97.9 Å². The highest BCUT2D eigenvalue weighted by Crippen LogP contribution is 2.53. The maximum atomic E-state index is 15.4. The fourth-order valence-electron chi connectivity index (χ4n) is 23.6. The van der Waals surface area contributed by atoms with Crippen LogP contribution in [-0.2, 0) is 33.5 Å². The summed E-state index contributed by atoms with van der Waals surface area (Å²) in [6, 6.07) is 56.9. The first-order chi connectivity index (χ1) is 69.8. The fraction of sp³-hybridized carbons (Fsp3) is 0.231. The average Bonchev–Trinajstić information content (AvgIpc) is 0.694. The monoisotopic (exact) mass is 1920 g/mol. The maximum Gasteiger partial charge on any atom is 0.261 e. The normalized spacial score (nSPS) is 15.8. The molecule has 27 heteroatoms. The highest BCUT2D eigenvalue weighted by molar-refractivity contribution is 6.46. The van der Waals surface area contributed by atoms with Crippen LogP contribution in [0.5, 0.6) is 34.5 Å². The Hall–Kier alpha value is -16.6. The van der Waals surface area contributed by atoms with Crippen LogP contribution in [0, 0.1) is 5.41 Å². The number of amides is 12. The van der Waals surface area contributed by atoms with Crippen molar-refractivity contribution in [1.82, 2.24) is 29.4 Å². The van der Waals surface area contributed by atoms with Gasteiger partial charge in [0.1, 0.15) is 0 Å². The third-order valence-electron chi connectivity index (χ3n) is 30.8. The average molecular weight is 1920 g/mol. The van der Waals surface area contributed by atoms with Crippen LogP contribution in [0.15, 0.2) is 200 Å². The van der Waals surface area contributed by atoms with Crippen LogP contribution in [0.25, 0.3) is 129 Å². The molecule has 6 heterocycles. The summed E-state index contributed by atoms with van der Waals surface area (Å²) in [5.41, 5.74) is 5.44. The van der Waals surface area contributed by atoms with E-state index in [1.54, 1.807) is 154 Å². The molecule has 0 saturated carbocycles. The molecule has 0 radical (unpaired) electrons. The Morgan fingerprint density at radius 2 is 0.396 bits per heavy atom. The lowest BCUT2D eigenvalue weighted by atomic mass is 9.82. The third-order valence-corrected chi connectivity index (χ3v) is 30.8. The van der Waals surface area contributed by atoms with E-state index in [2.05, 4.69) is 0 Å². The molecule has 18 aromatic carbocycles. The van der Waals surface area contributed by atoms with Gasteiger partial charge in [-0.25, -0.2) is 0 Å². The Bertz CT molecular complexity index is 7710. The minimum absolute atomic E-state index is 0.101. The van der Waals surface area contributed by atoms with Crippen molar-refractivity contribution in [3.05, 3.63) is 284 Å². The molecule has 6 aliphatic heterocycles. The second-order valence-electron chi connectivity index (χ2n) is 38.4. The zero-order valence-corrected chi connectivity index (χ0v) is 80.2. The fourth-order valence-corrected chi connectivity index (χ4v) is 23.6. The Labute approximate surface area is 822 Å². The van der Waals surface area contributed by atoms with E-state index in [1.807, 2.05) is 116 Å². The Morgan fingerprint density at radius 1 is 0.222 bits per heavy atom. The molecule has 3 atom stereocenters. The molecule has 3 unspecified atom stereocenters. The minimum atomic E-state index is -1.08. The van der Waals surface area contributed by atoms with Crippen molar-refractivity contribution in [3.8, 4) is 34.5 Å². The molecule has 0 fully saturated rings. The number of ether oxygens (including phenoxy) is 9. The van der Waals surface area contributed by atoms with Gasteiger partial charge in [-0.2, -0.15) is 0 Å². The SMILES string of the molecule is CCC(COCC(C)N1C(=O)c2ccc3c4ccc5c6c(ccc(c7ccc(c2c37)C1=O)c64)C(=O)N(CCc1ccc(OC)c(OC)c1)C5=O)(COCC(C)N1C(=O)c2ccc3c4ccc5c6c(ccc(c7ccc(c2c37)C1=O)c64)C(=O)N(CCc1ccc(OC)c(OC)c1)C5=O)COCC(C)N1C(=O)c2ccc3c4ccc5c6c(ccc(c7ccc(c2c37)C1=O)c64)C(=O)N(CCc1ccc(OC)c(OC)c1)C5=O. The Kier molecular flexibility index (Phi) is 21.1. The van der Waals surface area contributed by atoms with Gasteiger partial charge in [-0.05, 0) is 269 Å². The van der Waals surface area contributed by atoms with E-state index in [0.29, 0.717) is 158 Å². The molecule has 0 spiro atoms. The van der Waals surface area contributed by atoms with Gasteiger partial charge in [-0.15, -0.1) is 0 Å². The van der Waals surface area contributed by atoms with Crippen LogP contribution in [0.4, 0.5) is 0 Å². The summed E-state index contributed by atoms with van der Waals surface area (Å²) in [6.07, 6.45) is 1.41. The second kappa shape index (κ2) is 33.8. The number of benzene rings is 18. The van der Waals surface area contributed by atoms with E-state index in [1.165, 1.54) is 29.4 Å². The number of methoxy groups -OCH3 is 6. The van der Waals surface area contributed by atoms with Gasteiger partial charge in [0, 0.05) is 124 Å². The first-order valence-electron chi connectivity index (χ1n) is 48.0. The van der Waals surface area contributed by atoms with Gasteiger partial charge in [-0.3, -0.25) is 86.9 Å². The molecule has 18 aromatic rings. The lowest BCUT2D eigenvalue weighted by Gasteiger charge is -2.37. The zero-order chi connectivity index (χ0) is 99.5. The molecule has 0 saturated heterocycles. The topological polar surface area (TPSA) is 307 Å².